The largest absolute Gasteiger partial charge is 0.390 e. The predicted octanol–water partition coefficient (Wildman–Crippen LogP) is 0.100. The fourth-order valence-corrected chi connectivity index (χ4v) is 2.00. The van der Waals surface area contributed by atoms with Crippen LogP contribution in [-0.2, 0) is 13.2 Å². The van der Waals surface area contributed by atoms with E-state index in [2.05, 4.69) is 9.55 Å². The smallest absolute Gasteiger partial charge is 0.168 e. The van der Waals surface area contributed by atoms with E-state index < -0.39 is 0 Å². The molecule has 1 aliphatic heterocycles. The minimum absolute atomic E-state index is 0. The summed E-state index contributed by atoms with van der Waals surface area (Å²) in [4.78, 5) is 4.19. The molecule has 3 nitrogen and oxygen atoms in total. The van der Waals surface area contributed by atoms with Crippen molar-refractivity contribution in [3.8, 4) is 0 Å². The van der Waals surface area contributed by atoms with Gasteiger partial charge in [-0.25, -0.2) is 4.98 Å². The van der Waals surface area contributed by atoms with E-state index in [-0.39, 0.29) is 25.5 Å². The number of hydrogen-bond acceptors (Lipinski definition) is 3. The second-order valence-electron chi connectivity index (χ2n) is 2.21. The standard InChI is InChI=1S/C6H8N2OS.Li/c9-4-5-3-8-1-2-10-6(8)7-5;/h3,9H,1-2,4H2;. The zero-order chi connectivity index (χ0) is 6.97. The summed E-state index contributed by atoms with van der Waals surface area (Å²) in [6, 6.07) is 0. The summed E-state index contributed by atoms with van der Waals surface area (Å²) in [6.45, 7) is 1.09. The van der Waals surface area contributed by atoms with Gasteiger partial charge < -0.3 is 9.67 Å². The molecule has 1 N–H and O–H groups in total. The first-order valence-corrected chi connectivity index (χ1v) is 4.18. The van der Waals surface area contributed by atoms with Crippen LogP contribution >= 0.6 is 11.8 Å². The van der Waals surface area contributed by atoms with Crippen LogP contribution in [0, 0.1) is 0 Å². The van der Waals surface area contributed by atoms with E-state index in [4.69, 9.17) is 5.11 Å². The third-order valence-electron chi connectivity index (χ3n) is 1.52. The topological polar surface area (TPSA) is 38.0 Å². The summed E-state index contributed by atoms with van der Waals surface area (Å²) in [6.07, 6.45) is 1.91. The molecule has 0 spiro atoms. The van der Waals surface area contributed by atoms with Crippen LogP contribution in [0.2, 0.25) is 0 Å². The van der Waals surface area contributed by atoms with Crippen molar-refractivity contribution in [2.75, 3.05) is 5.75 Å². The van der Waals surface area contributed by atoms with E-state index in [1.165, 1.54) is 0 Å². The molecule has 0 unspecified atom stereocenters. The number of aliphatic hydroxyl groups is 1. The van der Waals surface area contributed by atoms with Gasteiger partial charge in [0.2, 0.25) is 0 Å². The molecule has 11 heavy (non-hydrogen) atoms. The minimum Gasteiger partial charge on any atom is -0.390 e. The maximum atomic E-state index is 8.71. The first-order valence-electron chi connectivity index (χ1n) is 3.20. The van der Waals surface area contributed by atoms with Crippen LogP contribution in [0.5, 0.6) is 0 Å². The molecule has 0 amide bonds. The van der Waals surface area contributed by atoms with Gasteiger partial charge in [0.05, 0.1) is 12.3 Å². The van der Waals surface area contributed by atoms with Gasteiger partial charge in [-0.1, -0.05) is 11.8 Å². The van der Waals surface area contributed by atoms with Crippen LogP contribution < -0.4 is 0 Å². The molecule has 0 saturated carbocycles. The number of nitrogens with zero attached hydrogens (tertiary/aromatic N) is 2. The maximum absolute atomic E-state index is 8.71. The molecule has 0 aromatic carbocycles. The van der Waals surface area contributed by atoms with Crippen LogP contribution in [0.15, 0.2) is 11.4 Å². The maximum Gasteiger partial charge on any atom is 0.168 e. The van der Waals surface area contributed by atoms with Gasteiger partial charge in [0, 0.05) is 37.4 Å². The average molecular weight is 163 g/mol. The molecule has 55 valence electrons. The van der Waals surface area contributed by atoms with Gasteiger partial charge >= 0.3 is 0 Å². The molecule has 0 fully saturated rings. The zero-order valence-electron chi connectivity index (χ0n) is 6.45. The molecule has 1 aliphatic rings. The van der Waals surface area contributed by atoms with Crippen molar-refractivity contribution < 1.29 is 5.11 Å². The third kappa shape index (κ3) is 1.65. The number of imidazole rings is 1. The van der Waals surface area contributed by atoms with E-state index in [1.54, 1.807) is 11.8 Å². The molecule has 1 aromatic heterocycles. The number of hydrogen-bond donors (Lipinski definition) is 1. The van der Waals surface area contributed by atoms with Crippen LogP contribution in [0.4, 0.5) is 0 Å². The van der Waals surface area contributed by atoms with E-state index in [9.17, 15) is 0 Å². The predicted molar refractivity (Wildman–Crippen MR) is 44.6 cm³/mol. The fraction of sp³-hybridized carbons (Fsp3) is 0.500. The van der Waals surface area contributed by atoms with Crippen molar-refractivity contribution in [1.29, 1.82) is 0 Å². The summed E-state index contributed by atoms with van der Waals surface area (Å²) >= 11 is 1.74. The Hall–Kier alpha value is 0.117. The number of aryl methyl sites for hydroxylation is 1. The van der Waals surface area contributed by atoms with Gasteiger partial charge in [-0.15, -0.1) is 0 Å². The van der Waals surface area contributed by atoms with E-state index in [0.717, 1.165) is 23.1 Å². The Morgan fingerprint density at radius 3 is 3.18 bits per heavy atom. The van der Waals surface area contributed by atoms with Crippen LogP contribution in [-0.4, -0.2) is 39.3 Å². The van der Waals surface area contributed by atoms with Gasteiger partial charge in [0.25, 0.3) is 0 Å². The Kier molecular flexibility index (Phi) is 3.08. The molecule has 0 atom stereocenters. The molecule has 2 heterocycles. The molecule has 1 radical (unpaired) electrons. The number of rotatable bonds is 1. The van der Waals surface area contributed by atoms with E-state index in [0.29, 0.717) is 0 Å². The van der Waals surface area contributed by atoms with Gasteiger partial charge in [-0.05, 0) is 0 Å². The number of aromatic nitrogens is 2. The summed E-state index contributed by atoms with van der Waals surface area (Å²) in [5.41, 5.74) is 0.780. The molecule has 2 rings (SSSR count). The molecule has 1 aromatic rings. The second-order valence-corrected chi connectivity index (χ2v) is 3.28. The number of aliphatic hydroxyl groups excluding tert-OH is 1. The van der Waals surface area contributed by atoms with Crippen molar-refractivity contribution in [3.05, 3.63) is 11.9 Å². The van der Waals surface area contributed by atoms with Crippen LogP contribution in [0.1, 0.15) is 5.69 Å². The fourth-order valence-electron chi connectivity index (χ4n) is 1.04. The Morgan fingerprint density at radius 2 is 2.55 bits per heavy atom. The molecular formula is C6H8LiN2OS. The normalized spacial score (nSPS) is 14.3. The van der Waals surface area contributed by atoms with Crippen molar-refractivity contribution in [3.63, 3.8) is 0 Å². The monoisotopic (exact) mass is 163 g/mol. The van der Waals surface area contributed by atoms with Crippen molar-refractivity contribution in [1.82, 2.24) is 9.55 Å². The molecule has 0 bridgehead atoms. The molecule has 0 saturated heterocycles. The first-order chi connectivity index (χ1) is 4.90. The summed E-state index contributed by atoms with van der Waals surface area (Å²) in [5, 5.41) is 9.76. The minimum atomic E-state index is 0. The Labute approximate surface area is 81.4 Å². The number of thioether (sulfide) groups is 1. The van der Waals surface area contributed by atoms with Crippen molar-refractivity contribution >= 4 is 30.6 Å². The van der Waals surface area contributed by atoms with Crippen LogP contribution in [0.25, 0.3) is 0 Å². The second kappa shape index (κ2) is 3.68. The summed E-state index contributed by atoms with van der Waals surface area (Å²) in [7, 11) is 0. The summed E-state index contributed by atoms with van der Waals surface area (Å²) < 4.78 is 2.08. The van der Waals surface area contributed by atoms with Gasteiger partial charge in [-0.3, -0.25) is 0 Å². The van der Waals surface area contributed by atoms with Gasteiger partial charge in [-0.2, -0.15) is 0 Å². The Bertz CT molecular complexity index is 229. The quantitative estimate of drug-likeness (QED) is 0.597. The zero-order valence-corrected chi connectivity index (χ0v) is 7.27. The SMILES string of the molecule is OCc1cn2c(n1)SCC2.[Li]. The number of fused-ring (bicyclic) bond motifs is 1. The first kappa shape index (κ1) is 9.21. The summed E-state index contributed by atoms with van der Waals surface area (Å²) in [5.74, 6) is 1.12. The average Bonchev–Trinajstić information content (AvgIpc) is 2.42. The van der Waals surface area contributed by atoms with Gasteiger partial charge in [0.1, 0.15) is 0 Å². The van der Waals surface area contributed by atoms with Crippen molar-refractivity contribution in [2.45, 2.75) is 18.3 Å². The van der Waals surface area contributed by atoms with E-state index in [1.807, 2.05) is 6.20 Å². The van der Waals surface area contributed by atoms with Gasteiger partial charge in [0.15, 0.2) is 5.16 Å². The Morgan fingerprint density at radius 1 is 1.73 bits per heavy atom. The molecular weight excluding hydrogens is 155 g/mol. The Balaban J connectivity index is 0.000000605. The molecule has 5 heteroatoms. The molecule has 0 aliphatic carbocycles. The third-order valence-corrected chi connectivity index (χ3v) is 2.49. The van der Waals surface area contributed by atoms with E-state index >= 15 is 0 Å². The van der Waals surface area contributed by atoms with Crippen LogP contribution in [0.3, 0.4) is 0 Å². The van der Waals surface area contributed by atoms with Crippen molar-refractivity contribution in [2.24, 2.45) is 0 Å².